The summed E-state index contributed by atoms with van der Waals surface area (Å²) in [6.45, 7) is 0. The molecule has 5 nitrogen and oxygen atoms in total. The Hall–Kier alpha value is -0.940. The van der Waals surface area contributed by atoms with Crippen molar-refractivity contribution in [1.82, 2.24) is 0 Å². The smallest absolute Gasteiger partial charge is 0.339 e. The molecule has 0 aromatic carbocycles. The van der Waals surface area contributed by atoms with Gasteiger partial charge >= 0.3 is 5.97 Å². The van der Waals surface area contributed by atoms with Crippen LogP contribution in [0, 0.1) is 0 Å². The Labute approximate surface area is 67.9 Å². The van der Waals surface area contributed by atoms with Gasteiger partial charge < -0.3 is 14.9 Å². The van der Waals surface area contributed by atoms with Gasteiger partial charge in [-0.05, 0) is 0 Å². The molecule has 66 valence electrons. The number of aliphatic hydroxyl groups is 2. The van der Waals surface area contributed by atoms with E-state index in [1.807, 2.05) is 0 Å². The van der Waals surface area contributed by atoms with Gasteiger partial charge in [0.25, 0.3) is 0 Å². The van der Waals surface area contributed by atoms with Gasteiger partial charge in [-0.15, -0.1) is 0 Å². The van der Waals surface area contributed by atoms with Crippen LogP contribution < -0.4 is 0 Å². The number of fused-ring (bicyclic) bond motifs is 2. The molecule has 1 aliphatic carbocycles. The minimum atomic E-state index is -1.67. The molecule has 2 bridgehead atoms. The summed E-state index contributed by atoms with van der Waals surface area (Å²) in [7, 11) is 0. The zero-order valence-electron chi connectivity index (χ0n) is 6.19. The Balaban J connectivity index is 2.34. The van der Waals surface area contributed by atoms with E-state index in [4.69, 9.17) is 5.11 Å². The monoisotopic (exact) mass is 172 g/mol. The number of rotatable bonds is 0. The lowest BCUT2D eigenvalue weighted by Gasteiger charge is -2.24. The van der Waals surface area contributed by atoms with Crippen LogP contribution in [0.3, 0.4) is 0 Å². The maximum absolute atomic E-state index is 11.0. The second-order valence-corrected chi connectivity index (χ2v) is 3.27. The van der Waals surface area contributed by atoms with Gasteiger partial charge in [0, 0.05) is 12.8 Å². The SMILES string of the molecule is O=C1C[C@]2(O)C[C@@H](OC2=O)[C@@H]1O. The summed E-state index contributed by atoms with van der Waals surface area (Å²) < 4.78 is 4.61. The normalized spacial score (nSPS) is 46.2. The van der Waals surface area contributed by atoms with Crippen molar-refractivity contribution in [3.05, 3.63) is 0 Å². The second kappa shape index (κ2) is 2.05. The number of Topliss-reactive ketones (excluding diaryl/α,β-unsaturated/α-hetero) is 1. The zero-order valence-corrected chi connectivity index (χ0v) is 6.19. The van der Waals surface area contributed by atoms with Gasteiger partial charge in [0.05, 0.1) is 0 Å². The molecule has 0 spiro atoms. The van der Waals surface area contributed by atoms with Gasteiger partial charge in [-0.2, -0.15) is 0 Å². The van der Waals surface area contributed by atoms with Gasteiger partial charge in [-0.3, -0.25) is 4.79 Å². The summed E-state index contributed by atoms with van der Waals surface area (Å²) in [4.78, 5) is 21.9. The fourth-order valence-corrected chi connectivity index (χ4v) is 1.63. The lowest BCUT2D eigenvalue weighted by Crippen LogP contribution is -2.45. The number of aliphatic hydroxyl groups excluding tert-OH is 1. The Morgan fingerprint density at radius 1 is 1.50 bits per heavy atom. The van der Waals surface area contributed by atoms with Crippen molar-refractivity contribution >= 4 is 11.8 Å². The molecule has 1 heterocycles. The van der Waals surface area contributed by atoms with E-state index in [2.05, 4.69) is 4.74 Å². The maximum Gasteiger partial charge on any atom is 0.339 e. The number of hydrogen-bond donors (Lipinski definition) is 2. The molecule has 5 heteroatoms. The van der Waals surface area contributed by atoms with E-state index in [9.17, 15) is 14.7 Å². The molecule has 1 saturated heterocycles. The lowest BCUT2D eigenvalue weighted by molar-refractivity contribution is -0.154. The first-order chi connectivity index (χ1) is 5.53. The van der Waals surface area contributed by atoms with E-state index in [1.165, 1.54) is 0 Å². The molecule has 2 aliphatic rings. The minimum Gasteiger partial charge on any atom is -0.457 e. The molecule has 2 fully saturated rings. The van der Waals surface area contributed by atoms with Crippen LogP contribution in [-0.2, 0) is 14.3 Å². The molecule has 0 amide bonds. The van der Waals surface area contributed by atoms with Crippen LogP contribution in [0.4, 0.5) is 0 Å². The highest BCUT2D eigenvalue weighted by molar-refractivity contribution is 5.95. The molecule has 0 radical (unpaired) electrons. The van der Waals surface area contributed by atoms with E-state index in [0.717, 1.165) is 0 Å². The zero-order chi connectivity index (χ0) is 8.93. The largest absolute Gasteiger partial charge is 0.457 e. The predicted molar refractivity (Wildman–Crippen MR) is 35.1 cm³/mol. The van der Waals surface area contributed by atoms with E-state index in [-0.39, 0.29) is 12.8 Å². The third-order valence-corrected chi connectivity index (χ3v) is 2.33. The van der Waals surface area contributed by atoms with Gasteiger partial charge in [0.2, 0.25) is 0 Å². The second-order valence-electron chi connectivity index (χ2n) is 3.27. The topological polar surface area (TPSA) is 83.8 Å². The quantitative estimate of drug-likeness (QED) is 0.428. The Morgan fingerprint density at radius 3 is 2.83 bits per heavy atom. The lowest BCUT2D eigenvalue weighted by atomic mass is 9.83. The predicted octanol–water partition coefficient (Wildman–Crippen LogP) is -1.63. The minimum absolute atomic E-state index is 0.0265. The average Bonchev–Trinajstić information content (AvgIpc) is 2.22. The number of carbonyl (C=O) groups excluding carboxylic acids is 2. The first-order valence-electron chi connectivity index (χ1n) is 3.67. The van der Waals surface area contributed by atoms with Crippen LogP contribution in [0.5, 0.6) is 0 Å². The van der Waals surface area contributed by atoms with Gasteiger partial charge in [0.1, 0.15) is 12.2 Å². The van der Waals surface area contributed by atoms with Crippen LogP contribution >= 0.6 is 0 Å². The molecule has 12 heavy (non-hydrogen) atoms. The van der Waals surface area contributed by atoms with E-state index in [1.54, 1.807) is 0 Å². The highest BCUT2D eigenvalue weighted by Crippen LogP contribution is 2.35. The first kappa shape index (κ1) is 7.70. The molecule has 1 aliphatic heterocycles. The van der Waals surface area contributed by atoms with Crippen LogP contribution in [0.25, 0.3) is 0 Å². The fraction of sp³-hybridized carbons (Fsp3) is 0.714. The van der Waals surface area contributed by atoms with Gasteiger partial charge in [-0.25, -0.2) is 4.79 Å². The van der Waals surface area contributed by atoms with Crippen molar-refractivity contribution in [1.29, 1.82) is 0 Å². The van der Waals surface area contributed by atoms with Crippen LogP contribution in [0.2, 0.25) is 0 Å². The third kappa shape index (κ3) is 0.804. The molecular formula is C7H8O5. The van der Waals surface area contributed by atoms with Crippen molar-refractivity contribution in [2.24, 2.45) is 0 Å². The summed E-state index contributed by atoms with van der Waals surface area (Å²) in [6.07, 6.45) is -2.40. The standard InChI is InChI=1S/C7H8O5/c8-3-1-7(11)2-4(5(3)9)12-6(7)10/h4-5,9,11H,1-2H2/t4-,5-,7+/m1/s1. The summed E-state index contributed by atoms with van der Waals surface area (Å²) >= 11 is 0. The third-order valence-electron chi connectivity index (χ3n) is 2.33. The van der Waals surface area contributed by atoms with Gasteiger partial charge in [0.15, 0.2) is 11.4 Å². The Bertz CT molecular complexity index is 261. The van der Waals surface area contributed by atoms with Gasteiger partial charge in [-0.1, -0.05) is 0 Å². The Morgan fingerprint density at radius 2 is 2.17 bits per heavy atom. The number of carbonyl (C=O) groups is 2. The molecule has 0 unspecified atom stereocenters. The van der Waals surface area contributed by atoms with Crippen LogP contribution in [0.15, 0.2) is 0 Å². The number of ether oxygens (including phenoxy) is 1. The highest BCUT2D eigenvalue weighted by Gasteiger charge is 2.57. The number of esters is 1. The van der Waals surface area contributed by atoms with Crippen molar-refractivity contribution in [2.75, 3.05) is 0 Å². The Kier molecular flexibility index (Phi) is 1.32. The molecule has 1 saturated carbocycles. The van der Waals surface area contributed by atoms with Crippen molar-refractivity contribution in [3.8, 4) is 0 Å². The summed E-state index contributed by atoms with van der Waals surface area (Å²) in [5.74, 6) is -1.32. The van der Waals surface area contributed by atoms with Crippen LogP contribution in [0.1, 0.15) is 12.8 Å². The number of hydrogen-bond acceptors (Lipinski definition) is 5. The number of ketones is 1. The summed E-state index contributed by atoms with van der Waals surface area (Å²) in [5, 5.41) is 18.6. The average molecular weight is 172 g/mol. The van der Waals surface area contributed by atoms with E-state index < -0.39 is 29.6 Å². The van der Waals surface area contributed by atoms with Crippen LogP contribution in [-0.4, -0.2) is 39.8 Å². The summed E-state index contributed by atoms with van der Waals surface area (Å²) in [6, 6.07) is 0. The molecular weight excluding hydrogens is 164 g/mol. The molecule has 0 aromatic rings. The van der Waals surface area contributed by atoms with E-state index in [0.29, 0.717) is 0 Å². The molecule has 2 N–H and O–H groups in total. The van der Waals surface area contributed by atoms with Crippen molar-refractivity contribution in [3.63, 3.8) is 0 Å². The summed E-state index contributed by atoms with van der Waals surface area (Å²) in [5.41, 5.74) is -1.67. The highest BCUT2D eigenvalue weighted by atomic mass is 16.6. The van der Waals surface area contributed by atoms with E-state index >= 15 is 0 Å². The molecule has 2 rings (SSSR count). The van der Waals surface area contributed by atoms with Crippen molar-refractivity contribution in [2.45, 2.75) is 30.7 Å². The first-order valence-corrected chi connectivity index (χ1v) is 3.67. The molecule has 3 atom stereocenters. The van der Waals surface area contributed by atoms with Crippen molar-refractivity contribution < 1.29 is 24.5 Å². The molecule has 0 aromatic heterocycles. The fourth-order valence-electron chi connectivity index (χ4n) is 1.63. The maximum atomic E-state index is 11.0.